The van der Waals surface area contributed by atoms with Crippen molar-refractivity contribution in [2.24, 2.45) is 11.8 Å². The predicted octanol–water partition coefficient (Wildman–Crippen LogP) is 3.82. The smallest absolute Gasteiger partial charge is 0.311 e. The van der Waals surface area contributed by atoms with Crippen LogP contribution in [0, 0.1) is 11.8 Å². The summed E-state index contributed by atoms with van der Waals surface area (Å²) in [6.45, 7) is 7.54. The van der Waals surface area contributed by atoms with Gasteiger partial charge in [0.25, 0.3) is 0 Å². The van der Waals surface area contributed by atoms with Gasteiger partial charge in [-0.2, -0.15) is 13.2 Å². The first-order valence-corrected chi connectivity index (χ1v) is 8.41. The molecule has 0 bridgehead atoms. The Labute approximate surface area is 126 Å². The Morgan fingerprint density at radius 3 is 2.24 bits per heavy atom. The molecular weight excluding hydrogens is 277 g/mol. The Bertz CT molecular complexity index is 309. The molecule has 1 saturated heterocycles. The number of hydrogen-bond acceptors (Lipinski definition) is 2. The molecule has 1 aliphatic heterocycles. The number of nitrogens with zero attached hydrogens (tertiary/aromatic N) is 1. The summed E-state index contributed by atoms with van der Waals surface area (Å²) < 4.78 is 39.3. The summed E-state index contributed by atoms with van der Waals surface area (Å²) in [4.78, 5) is 2.44. The molecule has 2 aliphatic rings. The molecule has 124 valence electrons. The van der Waals surface area contributed by atoms with Gasteiger partial charge >= 0.3 is 6.18 Å². The molecule has 0 aromatic heterocycles. The highest BCUT2D eigenvalue weighted by molar-refractivity contribution is 4.89. The van der Waals surface area contributed by atoms with E-state index in [0.29, 0.717) is 18.8 Å². The minimum Gasteiger partial charge on any atom is -0.311 e. The molecule has 1 N–H and O–H groups in total. The van der Waals surface area contributed by atoms with E-state index in [0.717, 1.165) is 45.3 Å². The first-order chi connectivity index (χ1) is 9.86. The average molecular weight is 306 g/mol. The van der Waals surface area contributed by atoms with Crippen molar-refractivity contribution in [1.29, 1.82) is 0 Å². The van der Waals surface area contributed by atoms with Gasteiger partial charge in [0.2, 0.25) is 0 Å². The van der Waals surface area contributed by atoms with Crippen molar-refractivity contribution in [2.45, 2.75) is 70.6 Å². The number of nitrogens with one attached hydrogen (secondary N) is 1. The fourth-order valence-electron chi connectivity index (χ4n) is 3.82. The normalized spacial score (nSPS) is 30.0. The number of hydrogen-bond donors (Lipinski definition) is 1. The third kappa shape index (κ3) is 5.13. The topological polar surface area (TPSA) is 15.3 Å². The molecule has 0 aromatic rings. The lowest BCUT2D eigenvalue weighted by Crippen LogP contribution is -2.52. The predicted molar refractivity (Wildman–Crippen MR) is 79.2 cm³/mol. The van der Waals surface area contributed by atoms with Crippen LogP contribution < -0.4 is 5.32 Å². The molecule has 0 spiro atoms. The maximum absolute atomic E-state index is 13.1. The Balaban J connectivity index is 1.81. The fraction of sp³-hybridized carbons (Fsp3) is 1.00. The molecule has 5 heteroatoms. The van der Waals surface area contributed by atoms with Gasteiger partial charge in [0, 0.05) is 18.6 Å². The van der Waals surface area contributed by atoms with Gasteiger partial charge in [-0.25, -0.2) is 0 Å². The van der Waals surface area contributed by atoms with Crippen molar-refractivity contribution in [2.75, 3.05) is 19.6 Å². The first-order valence-electron chi connectivity index (χ1n) is 8.41. The van der Waals surface area contributed by atoms with Gasteiger partial charge < -0.3 is 10.2 Å². The van der Waals surface area contributed by atoms with Gasteiger partial charge in [-0.05, 0) is 44.7 Å². The second-order valence-electron chi connectivity index (χ2n) is 7.17. The number of rotatable bonds is 4. The summed E-state index contributed by atoms with van der Waals surface area (Å²) in [5, 5.41) is 3.34. The third-order valence-corrected chi connectivity index (χ3v) is 4.85. The van der Waals surface area contributed by atoms with Gasteiger partial charge in [-0.3, -0.25) is 0 Å². The van der Waals surface area contributed by atoms with Gasteiger partial charge in [0.05, 0.1) is 5.92 Å². The molecule has 1 aliphatic carbocycles. The van der Waals surface area contributed by atoms with Crippen molar-refractivity contribution in [1.82, 2.24) is 10.2 Å². The second-order valence-corrected chi connectivity index (χ2v) is 7.17. The Kier molecular flexibility index (Phi) is 5.95. The molecule has 0 aromatic carbocycles. The highest BCUT2D eigenvalue weighted by Crippen LogP contribution is 2.38. The zero-order chi connectivity index (χ0) is 15.5. The van der Waals surface area contributed by atoms with E-state index in [4.69, 9.17) is 0 Å². The number of halogens is 3. The van der Waals surface area contributed by atoms with E-state index in [1.807, 2.05) is 0 Å². The standard InChI is InChI=1S/C16H29F3N2/c1-12(2)11-21-9-7-13(8-10-21)20-15-6-4-3-5-14(15)16(17,18)19/h12-15,20H,3-11H2,1-2H3. The fourth-order valence-corrected chi connectivity index (χ4v) is 3.82. The second kappa shape index (κ2) is 7.32. The Hall–Kier alpha value is -0.290. The molecule has 0 radical (unpaired) electrons. The summed E-state index contributed by atoms with van der Waals surface area (Å²) in [6.07, 6.45) is 0.535. The van der Waals surface area contributed by atoms with Crippen molar-refractivity contribution < 1.29 is 13.2 Å². The van der Waals surface area contributed by atoms with Gasteiger partial charge in [0.15, 0.2) is 0 Å². The van der Waals surface area contributed by atoms with Crippen molar-refractivity contribution in [3.63, 3.8) is 0 Å². The molecule has 0 amide bonds. The van der Waals surface area contributed by atoms with Crippen LogP contribution in [0.2, 0.25) is 0 Å². The van der Waals surface area contributed by atoms with Crippen LogP contribution in [-0.4, -0.2) is 42.8 Å². The van der Waals surface area contributed by atoms with E-state index in [2.05, 4.69) is 24.1 Å². The zero-order valence-electron chi connectivity index (χ0n) is 13.3. The molecule has 1 saturated carbocycles. The lowest BCUT2D eigenvalue weighted by Gasteiger charge is -2.39. The Morgan fingerprint density at radius 2 is 1.67 bits per heavy atom. The van der Waals surface area contributed by atoms with Crippen LogP contribution in [0.5, 0.6) is 0 Å². The van der Waals surface area contributed by atoms with Crippen LogP contribution >= 0.6 is 0 Å². The highest BCUT2D eigenvalue weighted by Gasteiger charge is 2.45. The lowest BCUT2D eigenvalue weighted by atomic mass is 9.83. The first kappa shape index (κ1) is 17.1. The van der Waals surface area contributed by atoms with Crippen LogP contribution in [0.25, 0.3) is 0 Å². The number of likely N-dealkylation sites (tertiary alicyclic amines) is 1. The van der Waals surface area contributed by atoms with Gasteiger partial charge in [-0.1, -0.05) is 26.7 Å². The monoisotopic (exact) mass is 306 g/mol. The van der Waals surface area contributed by atoms with Gasteiger partial charge in [0.1, 0.15) is 0 Å². The molecule has 1 heterocycles. The van der Waals surface area contributed by atoms with E-state index in [1.54, 1.807) is 0 Å². The van der Waals surface area contributed by atoms with E-state index < -0.39 is 12.1 Å². The minimum atomic E-state index is -4.05. The van der Waals surface area contributed by atoms with E-state index in [-0.39, 0.29) is 12.1 Å². The number of alkyl halides is 3. The SMILES string of the molecule is CC(C)CN1CCC(NC2CCCCC2C(F)(F)F)CC1. The molecule has 2 unspecified atom stereocenters. The average Bonchev–Trinajstić information content (AvgIpc) is 2.40. The summed E-state index contributed by atoms with van der Waals surface area (Å²) in [7, 11) is 0. The molecule has 2 rings (SSSR count). The van der Waals surface area contributed by atoms with Crippen molar-refractivity contribution in [3.05, 3.63) is 0 Å². The zero-order valence-corrected chi connectivity index (χ0v) is 13.3. The summed E-state index contributed by atoms with van der Waals surface area (Å²) >= 11 is 0. The molecular formula is C16H29F3N2. The van der Waals surface area contributed by atoms with Crippen molar-refractivity contribution in [3.8, 4) is 0 Å². The largest absolute Gasteiger partial charge is 0.393 e. The van der Waals surface area contributed by atoms with Crippen LogP contribution in [0.1, 0.15) is 52.4 Å². The van der Waals surface area contributed by atoms with E-state index in [1.165, 1.54) is 0 Å². The molecule has 2 fully saturated rings. The number of piperidine rings is 1. The van der Waals surface area contributed by atoms with Crippen LogP contribution in [-0.2, 0) is 0 Å². The van der Waals surface area contributed by atoms with E-state index >= 15 is 0 Å². The van der Waals surface area contributed by atoms with Crippen molar-refractivity contribution >= 4 is 0 Å². The Morgan fingerprint density at radius 1 is 1.05 bits per heavy atom. The summed E-state index contributed by atoms with van der Waals surface area (Å²) in [5.41, 5.74) is 0. The molecule has 21 heavy (non-hydrogen) atoms. The van der Waals surface area contributed by atoms with Crippen LogP contribution in [0.15, 0.2) is 0 Å². The lowest BCUT2D eigenvalue weighted by molar-refractivity contribution is -0.189. The summed E-state index contributed by atoms with van der Waals surface area (Å²) in [6, 6.07) is -0.0956. The third-order valence-electron chi connectivity index (χ3n) is 4.85. The van der Waals surface area contributed by atoms with E-state index in [9.17, 15) is 13.2 Å². The minimum absolute atomic E-state index is 0.265. The quantitative estimate of drug-likeness (QED) is 0.849. The van der Waals surface area contributed by atoms with Crippen LogP contribution in [0.4, 0.5) is 13.2 Å². The summed E-state index contributed by atoms with van der Waals surface area (Å²) in [5.74, 6) is -0.484. The highest BCUT2D eigenvalue weighted by atomic mass is 19.4. The molecule has 2 nitrogen and oxygen atoms in total. The van der Waals surface area contributed by atoms with Gasteiger partial charge in [-0.15, -0.1) is 0 Å². The molecule has 2 atom stereocenters. The van der Waals surface area contributed by atoms with Crippen LogP contribution in [0.3, 0.4) is 0 Å². The maximum atomic E-state index is 13.1. The maximum Gasteiger partial charge on any atom is 0.393 e.